The number of nitrogens with one attached hydrogen (secondary N) is 1. The fraction of sp³-hybridized carbons (Fsp3) is 0.273. The van der Waals surface area contributed by atoms with Gasteiger partial charge in [-0.05, 0) is 12.1 Å². The number of nitrogens with two attached hydrogens (primary N) is 1. The number of thioether (sulfide) groups is 1. The van der Waals surface area contributed by atoms with Crippen molar-refractivity contribution in [1.82, 2.24) is 29.6 Å². The van der Waals surface area contributed by atoms with Crippen LogP contribution in [0.25, 0.3) is 10.6 Å². The summed E-state index contributed by atoms with van der Waals surface area (Å²) in [5.74, 6) is 0.366. The number of amides is 1. The molecule has 0 saturated carbocycles. The van der Waals surface area contributed by atoms with E-state index >= 15 is 0 Å². The fourth-order valence-electron chi connectivity index (χ4n) is 3.94. The maximum Gasteiger partial charge on any atom is 0.408 e. The summed E-state index contributed by atoms with van der Waals surface area (Å²) < 4.78 is 38.7. The number of hydrogen-bond donors (Lipinski definition) is 2. The summed E-state index contributed by atoms with van der Waals surface area (Å²) in [4.78, 5) is 28.5. The zero-order valence-corrected chi connectivity index (χ0v) is 19.8. The van der Waals surface area contributed by atoms with Crippen molar-refractivity contribution in [3.8, 4) is 10.6 Å². The smallest absolute Gasteiger partial charge is 0.398 e. The van der Waals surface area contributed by atoms with Gasteiger partial charge < -0.3 is 15.6 Å². The van der Waals surface area contributed by atoms with Crippen molar-refractivity contribution in [2.45, 2.75) is 30.1 Å². The van der Waals surface area contributed by atoms with Crippen LogP contribution in [0.4, 0.5) is 18.9 Å². The van der Waals surface area contributed by atoms with Gasteiger partial charge in [-0.15, -0.1) is 23.1 Å². The van der Waals surface area contributed by atoms with Crippen molar-refractivity contribution < 1.29 is 18.0 Å². The number of fused-ring (bicyclic) bond motifs is 1. The topological polar surface area (TPSA) is 106 Å². The number of aromatic nitrogens is 5. The number of para-hydroxylation sites is 1. The number of carbonyl (C=O) groups is 1. The highest BCUT2D eigenvalue weighted by atomic mass is 32.2. The van der Waals surface area contributed by atoms with Gasteiger partial charge in [-0.1, -0.05) is 12.1 Å². The molecule has 1 unspecified atom stereocenters. The van der Waals surface area contributed by atoms with E-state index in [1.807, 2.05) is 24.3 Å². The number of aromatic amines is 1. The van der Waals surface area contributed by atoms with Crippen LogP contribution in [0, 0.1) is 0 Å². The lowest BCUT2D eigenvalue weighted by molar-refractivity contribution is -0.142. The first-order valence-corrected chi connectivity index (χ1v) is 12.4. The second kappa shape index (κ2) is 9.38. The zero-order valence-electron chi connectivity index (χ0n) is 18.2. The maximum atomic E-state index is 13.5. The van der Waals surface area contributed by atoms with E-state index < -0.39 is 12.7 Å². The maximum absolute atomic E-state index is 13.5. The van der Waals surface area contributed by atoms with Gasteiger partial charge in [0.15, 0.2) is 0 Å². The lowest BCUT2D eigenvalue weighted by Gasteiger charge is -2.34. The third-order valence-corrected chi connectivity index (χ3v) is 7.76. The molecular weight excluding hydrogens is 499 g/mol. The minimum absolute atomic E-state index is 0.197. The quantitative estimate of drug-likeness (QED) is 0.289. The molecule has 0 aliphatic carbocycles. The average molecular weight is 520 g/mol. The van der Waals surface area contributed by atoms with E-state index in [1.54, 1.807) is 23.0 Å². The van der Waals surface area contributed by atoms with Crippen molar-refractivity contribution >= 4 is 34.7 Å². The first-order valence-electron chi connectivity index (χ1n) is 10.6. The van der Waals surface area contributed by atoms with Gasteiger partial charge in [-0.2, -0.15) is 18.3 Å². The number of anilines is 1. The Bertz CT molecular complexity index is 1350. The number of thiazole rings is 1. The predicted molar refractivity (Wildman–Crippen MR) is 127 cm³/mol. The number of imidazole rings is 1. The number of rotatable bonds is 6. The van der Waals surface area contributed by atoms with Crippen LogP contribution in [0.3, 0.4) is 0 Å². The van der Waals surface area contributed by atoms with Crippen LogP contribution in [0.15, 0.2) is 54.1 Å². The Balaban J connectivity index is 1.36. The van der Waals surface area contributed by atoms with Gasteiger partial charge in [0.1, 0.15) is 16.4 Å². The first-order chi connectivity index (χ1) is 16.8. The SMILES string of the molecule is Nc1ccccc1SCC1c2nc[nH]c2CCN1C(=O)c1cnc(-c2cnn(CC(F)(F)F)c2)s1. The summed E-state index contributed by atoms with van der Waals surface area (Å²) in [6, 6.07) is 7.28. The van der Waals surface area contributed by atoms with Gasteiger partial charge >= 0.3 is 6.18 Å². The summed E-state index contributed by atoms with van der Waals surface area (Å²) >= 11 is 2.69. The molecule has 3 N–H and O–H groups in total. The van der Waals surface area contributed by atoms with E-state index in [4.69, 9.17) is 5.73 Å². The Morgan fingerprint density at radius 2 is 2.09 bits per heavy atom. The molecule has 1 amide bonds. The van der Waals surface area contributed by atoms with E-state index in [-0.39, 0.29) is 11.9 Å². The molecule has 1 atom stereocenters. The van der Waals surface area contributed by atoms with E-state index in [0.29, 0.717) is 39.9 Å². The Morgan fingerprint density at radius 3 is 2.89 bits per heavy atom. The van der Waals surface area contributed by atoms with Gasteiger partial charge in [0, 0.05) is 46.8 Å². The molecule has 1 aliphatic heterocycles. The summed E-state index contributed by atoms with van der Waals surface area (Å²) in [6.45, 7) is -0.685. The first kappa shape index (κ1) is 23.4. The van der Waals surface area contributed by atoms with Crippen molar-refractivity contribution in [2.24, 2.45) is 0 Å². The van der Waals surface area contributed by atoms with E-state index in [1.165, 1.54) is 18.6 Å². The molecule has 0 spiro atoms. The molecule has 8 nitrogen and oxygen atoms in total. The molecule has 3 aromatic heterocycles. The third-order valence-electron chi connectivity index (χ3n) is 5.56. The standard InChI is InChI=1S/C22H20F3N7OS2/c23-22(24,25)11-31-9-13(7-30-31)20-27-8-18(35-20)21(33)32-6-5-15-19(29-12-28-15)16(32)10-34-17-4-2-1-3-14(17)26/h1-4,7-9,12,16H,5-6,10-11,26H2,(H,28,29). The number of alkyl halides is 3. The van der Waals surface area contributed by atoms with Crippen LogP contribution in [0.1, 0.15) is 27.1 Å². The lowest BCUT2D eigenvalue weighted by Crippen LogP contribution is -2.41. The highest BCUT2D eigenvalue weighted by Crippen LogP contribution is 2.36. The van der Waals surface area contributed by atoms with Crippen LogP contribution >= 0.6 is 23.1 Å². The molecule has 0 radical (unpaired) electrons. The van der Waals surface area contributed by atoms with E-state index in [0.717, 1.165) is 32.3 Å². The number of carbonyl (C=O) groups excluding carboxylic acids is 1. The normalized spacial score (nSPS) is 15.9. The Morgan fingerprint density at radius 1 is 1.26 bits per heavy atom. The van der Waals surface area contributed by atoms with Crippen LogP contribution in [-0.4, -0.2) is 54.0 Å². The van der Waals surface area contributed by atoms with Gasteiger partial charge in [0.25, 0.3) is 5.91 Å². The summed E-state index contributed by atoms with van der Waals surface area (Å²) in [7, 11) is 0. The van der Waals surface area contributed by atoms with Gasteiger partial charge in [0.2, 0.25) is 0 Å². The van der Waals surface area contributed by atoms with Crippen LogP contribution < -0.4 is 5.73 Å². The Labute approximate surface area is 206 Å². The van der Waals surface area contributed by atoms with Crippen LogP contribution in [-0.2, 0) is 13.0 Å². The number of nitrogens with zero attached hydrogens (tertiary/aromatic N) is 5. The monoisotopic (exact) mass is 519 g/mol. The van der Waals surface area contributed by atoms with Gasteiger partial charge in [-0.25, -0.2) is 9.97 Å². The molecule has 182 valence electrons. The lowest BCUT2D eigenvalue weighted by atomic mass is 10.0. The number of benzene rings is 1. The third kappa shape index (κ3) is 5.05. The molecule has 0 bridgehead atoms. The average Bonchev–Trinajstić information content (AvgIpc) is 3.57. The van der Waals surface area contributed by atoms with Gasteiger partial charge in [0.05, 0.1) is 30.5 Å². The summed E-state index contributed by atoms with van der Waals surface area (Å²) in [6.07, 6.45) is 1.97. The molecule has 4 heterocycles. The molecule has 1 aromatic carbocycles. The van der Waals surface area contributed by atoms with Crippen molar-refractivity contribution in [1.29, 1.82) is 0 Å². The molecule has 4 aromatic rings. The second-order valence-electron chi connectivity index (χ2n) is 7.95. The fourth-order valence-corrected chi connectivity index (χ4v) is 5.87. The zero-order chi connectivity index (χ0) is 24.6. The number of nitrogen functional groups attached to an aromatic ring is 1. The van der Waals surface area contributed by atoms with Crippen molar-refractivity contribution in [3.63, 3.8) is 0 Å². The highest BCUT2D eigenvalue weighted by Gasteiger charge is 2.34. The van der Waals surface area contributed by atoms with E-state index in [2.05, 4.69) is 20.1 Å². The summed E-state index contributed by atoms with van der Waals surface area (Å²) in [5, 5.41) is 4.19. The van der Waals surface area contributed by atoms with Crippen molar-refractivity contribution in [2.75, 3.05) is 18.0 Å². The molecule has 0 saturated heterocycles. The molecular formula is C22H20F3N7OS2. The molecule has 5 rings (SSSR count). The molecule has 1 aliphatic rings. The number of hydrogen-bond acceptors (Lipinski definition) is 7. The predicted octanol–water partition coefficient (Wildman–Crippen LogP) is 4.41. The number of H-pyrrole nitrogens is 1. The van der Waals surface area contributed by atoms with Crippen LogP contribution in [0.5, 0.6) is 0 Å². The largest absolute Gasteiger partial charge is 0.408 e. The Hall–Kier alpha value is -3.32. The molecule has 35 heavy (non-hydrogen) atoms. The minimum atomic E-state index is -4.37. The second-order valence-corrected chi connectivity index (χ2v) is 10.0. The van der Waals surface area contributed by atoms with Crippen molar-refractivity contribution in [3.05, 3.63) is 65.4 Å². The van der Waals surface area contributed by atoms with E-state index in [9.17, 15) is 18.0 Å². The minimum Gasteiger partial charge on any atom is -0.398 e. The number of halogens is 3. The molecule has 13 heteroatoms. The molecule has 0 fully saturated rings. The summed E-state index contributed by atoms with van der Waals surface area (Å²) in [5.41, 5.74) is 9.02. The Kier molecular flexibility index (Phi) is 6.28. The van der Waals surface area contributed by atoms with Crippen LogP contribution in [0.2, 0.25) is 0 Å². The highest BCUT2D eigenvalue weighted by molar-refractivity contribution is 7.99. The van der Waals surface area contributed by atoms with Gasteiger partial charge in [-0.3, -0.25) is 9.48 Å².